The quantitative estimate of drug-likeness (QED) is 0.191. The topological polar surface area (TPSA) is 9.23 Å². The first-order chi connectivity index (χ1) is 20.0. The fourth-order valence-electron chi connectivity index (χ4n) is 6.68. The smallest absolute Gasteiger partial charge is 0.458 e. The Hall–Kier alpha value is -2.73. The average Bonchev–Trinajstić information content (AvgIpc) is 3.35. The number of rotatable bonds is 7. The Morgan fingerprint density at radius 3 is 2.05 bits per heavy atom. The summed E-state index contributed by atoms with van der Waals surface area (Å²) >= 11 is 1.35. The van der Waals surface area contributed by atoms with Gasteiger partial charge in [0.1, 0.15) is 11.6 Å². The molecule has 0 unspecified atom stereocenters. The Morgan fingerprint density at radius 2 is 1.45 bits per heavy atom. The molecule has 0 N–H and O–H groups in total. The highest BCUT2D eigenvalue weighted by molar-refractivity contribution is 7.19. The zero-order valence-corrected chi connectivity index (χ0v) is 24.2. The van der Waals surface area contributed by atoms with Crippen molar-refractivity contribution in [1.29, 1.82) is 0 Å². The van der Waals surface area contributed by atoms with E-state index >= 15 is 4.39 Å². The van der Waals surface area contributed by atoms with Crippen molar-refractivity contribution in [2.75, 3.05) is 6.61 Å². The number of alkyl halides is 3. The van der Waals surface area contributed by atoms with E-state index in [-0.39, 0.29) is 24.2 Å². The van der Waals surface area contributed by atoms with Crippen molar-refractivity contribution < 1.29 is 35.5 Å². The van der Waals surface area contributed by atoms with Gasteiger partial charge in [0.25, 0.3) is 0 Å². The molecule has 2 aromatic carbocycles. The third-order valence-electron chi connectivity index (χ3n) is 8.86. The Kier molecular flexibility index (Phi) is 9.41. The lowest BCUT2D eigenvalue weighted by Gasteiger charge is -2.38. The molecule has 0 bridgehead atoms. The van der Waals surface area contributed by atoms with E-state index in [1.54, 1.807) is 5.92 Å². The first-order valence-corrected chi connectivity index (χ1v) is 15.5. The van der Waals surface area contributed by atoms with Crippen LogP contribution in [0.15, 0.2) is 24.3 Å². The second-order valence-electron chi connectivity index (χ2n) is 11.7. The predicted octanol–water partition coefficient (Wildman–Crippen LogP) is 10.5. The van der Waals surface area contributed by atoms with E-state index in [0.29, 0.717) is 27.5 Å². The maximum Gasteiger partial charge on any atom is 0.458 e. The maximum absolute atomic E-state index is 15.1. The molecule has 0 aliphatic heterocycles. The highest BCUT2D eigenvalue weighted by Crippen LogP contribution is 2.44. The van der Waals surface area contributed by atoms with E-state index in [1.165, 1.54) is 17.4 Å². The minimum atomic E-state index is -4.82. The van der Waals surface area contributed by atoms with Crippen molar-refractivity contribution in [3.05, 3.63) is 63.5 Å². The zero-order valence-electron chi connectivity index (χ0n) is 23.4. The van der Waals surface area contributed by atoms with Gasteiger partial charge < -0.3 is 4.74 Å². The number of halogens is 7. The number of aryl methyl sites for hydroxylation is 1. The molecule has 0 spiro atoms. The minimum Gasteiger partial charge on any atom is -0.487 e. The van der Waals surface area contributed by atoms with Crippen LogP contribution in [0.2, 0.25) is 0 Å². The Bertz CT molecular complexity index is 1440. The molecular weight excluding hydrogens is 577 g/mol. The lowest BCUT2D eigenvalue weighted by molar-refractivity contribution is -0.0696. The van der Waals surface area contributed by atoms with Gasteiger partial charge in [-0.2, -0.15) is 13.2 Å². The summed E-state index contributed by atoms with van der Waals surface area (Å²) in [6.45, 7) is 2.32. The fourth-order valence-corrected chi connectivity index (χ4v) is 7.85. The molecule has 0 atom stereocenters. The summed E-state index contributed by atoms with van der Waals surface area (Å²) in [5.74, 6) is -0.0512. The van der Waals surface area contributed by atoms with Crippen LogP contribution in [-0.4, -0.2) is 12.8 Å². The SMILES string of the molecule is CCCc1cc2cc(F)c(OCC3CCC(C4CCC(c5cc(F)c(C#CC(F)(F)F)c(F)c5)CC4)CC3)c(F)c2s1. The van der Waals surface area contributed by atoms with E-state index < -0.39 is 35.0 Å². The van der Waals surface area contributed by atoms with Gasteiger partial charge in [-0.15, -0.1) is 11.3 Å². The summed E-state index contributed by atoms with van der Waals surface area (Å²) in [7, 11) is 0. The van der Waals surface area contributed by atoms with Crippen molar-refractivity contribution in [2.24, 2.45) is 17.8 Å². The molecule has 42 heavy (non-hydrogen) atoms. The molecule has 226 valence electrons. The molecule has 0 amide bonds. The number of thiophene rings is 1. The molecule has 2 aliphatic carbocycles. The molecule has 3 aromatic rings. The van der Waals surface area contributed by atoms with Crippen LogP contribution < -0.4 is 4.74 Å². The summed E-state index contributed by atoms with van der Waals surface area (Å²) in [6, 6.07) is 5.44. The summed E-state index contributed by atoms with van der Waals surface area (Å²) < 4.78 is 102. The first kappa shape index (κ1) is 30.7. The van der Waals surface area contributed by atoms with Gasteiger partial charge in [-0.3, -0.25) is 0 Å². The molecule has 1 heterocycles. The van der Waals surface area contributed by atoms with E-state index in [4.69, 9.17) is 4.74 Å². The van der Waals surface area contributed by atoms with Crippen LogP contribution >= 0.6 is 11.3 Å². The van der Waals surface area contributed by atoms with Crippen LogP contribution in [0, 0.1) is 52.9 Å². The molecule has 5 rings (SSSR count). The second kappa shape index (κ2) is 12.9. The van der Waals surface area contributed by atoms with Crippen molar-refractivity contribution in [3.63, 3.8) is 0 Å². The van der Waals surface area contributed by atoms with E-state index in [2.05, 4.69) is 0 Å². The van der Waals surface area contributed by atoms with E-state index in [9.17, 15) is 26.3 Å². The Labute approximate surface area is 245 Å². The van der Waals surface area contributed by atoms with E-state index in [1.807, 2.05) is 13.0 Å². The second-order valence-corrected chi connectivity index (χ2v) is 12.8. The molecule has 0 radical (unpaired) electrons. The molecule has 0 saturated heterocycles. The van der Waals surface area contributed by atoms with Gasteiger partial charge in [0.15, 0.2) is 17.4 Å². The number of benzene rings is 2. The van der Waals surface area contributed by atoms with Gasteiger partial charge in [0, 0.05) is 10.8 Å². The maximum atomic E-state index is 15.1. The van der Waals surface area contributed by atoms with Crippen LogP contribution in [0.4, 0.5) is 30.7 Å². The highest BCUT2D eigenvalue weighted by atomic mass is 32.1. The largest absolute Gasteiger partial charge is 0.487 e. The van der Waals surface area contributed by atoms with Crippen LogP contribution in [0.3, 0.4) is 0 Å². The third-order valence-corrected chi connectivity index (χ3v) is 10.1. The van der Waals surface area contributed by atoms with Gasteiger partial charge in [0.2, 0.25) is 0 Å². The monoisotopic (exact) mass is 610 g/mol. The number of ether oxygens (including phenoxy) is 1. The molecule has 2 saturated carbocycles. The Balaban J connectivity index is 1.12. The summed E-state index contributed by atoms with van der Waals surface area (Å²) in [5.41, 5.74) is -0.396. The average molecular weight is 611 g/mol. The van der Waals surface area contributed by atoms with Crippen molar-refractivity contribution in [1.82, 2.24) is 0 Å². The standard InChI is InChI=1S/C33H33F7OS/c1-2-3-25-14-24-17-29(36)31(30(37)32(24)42-25)41-18-19-4-6-20(7-5-19)21-8-10-22(11-9-21)23-15-27(34)26(28(35)16-23)12-13-33(38,39)40/h14-17,19-22H,2-11,18H2,1H3. The van der Waals surface area contributed by atoms with Crippen LogP contribution in [-0.2, 0) is 6.42 Å². The van der Waals surface area contributed by atoms with Gasteiger partial charge in [-0.1, -0.05) is 19.3 Å². The van der Waals surface area contributed by atoms with Crippen LogP contribution in [0.5, 0.6) is 5.75 Å². The number of hydrogen-bond donors (Lipinski definition) is 0. The van der Waals surface area contributed by atoms with Crippen molar-refractivity contribution in [3.8, 4) is 17.6 Å². The zero-order chi connectivity index (χ0) is 30.0. The first-order valence-electron chi connectivity index (χ1n) is 14.6. The molecule has 1 nitrogen and oxygen atoms in total. The molecule has 9 heteroatoms. The van der Waals surface area contributed by atoms with Gasteiger partial charge >= 0.3 is 6.18 Å². The minimum absolute atomic E-state index is 0.0526. The van der Waals surface area contributed by atoms with Gasteiger partial charge in [0.05, 0.1) is 16.9 Å². The normalized spacial score (nSPS) is 23.0. The van der Waals surface area contributed by atoms with Crippen molar-refractivity contribution in [2.45, 2.75) is 83.2 Å². The van der Waals surface area contributed by atoms with Crippen LogP contribution in [0.25, 0.3) is 10.1 Å². The van der Waals surface area contributed by atoms with Gasteiger partial charge in [-0.05, 0) is 117 Å². The number of fused-ring (bicyclic) bond motifs is 1. The van der Waals surface area contributed by atoms with Crippen LogP contribution in [0.1, 0.15) is 86.6 Å². The van der Waals surface area contributed by atoms with Gasteiger partial charge in [-0.25, -0.2) is 17.6 Å². The number of hydrogen-bond acceptors (Lipinski definition) is 2. The summed E-state index contributed by atoms with van der Waals surface area (Å²) in [6.07, 6.45) is 4.07. The molecule has 1 aromatic heterocycles. The molecule has 2 aliphatic rings. The lowest BCUT2D eigenvalue weighted by Crippen LogP contribution is -2.27. The predicted molar refractivity (Wildman–Crippen MR) is 151 cm³/mol. The highest BCUT2D eigenvalue weighted by Gasteiger charge is 2.32. The third kappa shape index (κ3) is 7.07. The molecule has 2 fully saturated rings. The van der Waals surface area contributed by atoms with Crippen molar-refractivity contribution >= 4 is 21.4 Å². The molecular formula is C33H33F7OS. The fraction of sp³-hybridized carbons (Fsp3) is 0.515. The Morgan fingerprint density at radius 1 is 0.833 bits per heavy atom. The summed E-state index contributed by atoms with van der Waals surface area (Å²) in [5, 5.41) is 0.573. The van der Waals surface area contributed by atoms with E-state index in [0.717, 1.165) is 87.1 Å². The lowest BCUT2D eigenvalue weighted by atomic mass is 9.68. The summed E-state index contributed by atoms with van der Waals surface area (Å²) in [4.78, 5) is 1.03.